The van der Waals surface area contributed by atoms with Crippen molar-refractivity contribution in [2.24, 2.45) is 0 Å². The van der Waals surface area contributed by atoms with Gasteiger partial charge in [0.25, 0.3) is 0 Å². The summed E-state index contributed by atoms with van der Waals surface area (Å²) in [5, 5.41) is 0. The number of Topliss-reactive ketones (excluding diaryl/α,β-unsaturated/α-hetero) is 1. The van der Waals surface area contributed by atoms with E-state index in [1.54, 1.807) is 6.07 Å². The lowest BCUT2D eigenvalue weighted by Crippen LogP contribution is -1.92. The molecule has 2 aromatic rings. The molecule has 1 nitrogen and oxygen atoms in total. The van der Waals surface area contributed by atoms with Gasteiger partial charge in [0.05, 0.1) is 0 Å². The summed E-state index contributed by atoms with van der Waals surface area (Å²) in [6.45, 7) is 0. The SMILES string of the molecule is O=C1Cc2ccc(-c3cccc(F)c3)cc2C1. The van der Waals surface area contributed by atoms with E-state index >= 15 is 0 Å². The first-order chi connectivity index (χ1) is 8.22. The van der Waals surface area contributed by atoms with E-state index in [2.05, 4.69) is 0 Å². The maximum Gasteiger partial charge on any atom is 0.141 e. The van der Waals surface area contributed by atoms with Crippen molar-refractivity contribution in [3.8, 4) is 11.1 Å². The molecular formula is C15H11FO. The monoisotopic (exact) mass is 226 g/mol. The lowest BCUT2D eigenvalue weighted by atomic mass is 10.0. The summed E-state index contributed by atoms with van der Waals surface area (Å²) >= 11 is 0. The van der Waals surface area contributed by atoms with Gasteiger partial charge in [-0.15, -0.1) is 0 Å². The van der Waals surface area contributed by atoms with E-state index in [0.29, 0.717) is 12.8 Å². The van der Waals surface area contributed by atoms with Gasteiger partial charge in [0, 0.05) is 12.8 Å². The van der Waals surface area contributed by atoms with Crippen molar-refractivity contribution >= 4 is 5.78 Å². The molecule has 0 atom stereocenters. The largest absolute Gasteiger partial charge is 0.299 e. The number of rotatable bonds is 1. The van der Waals surface area contributed by atoms with Crippen LogP contribution in [0.25, 0.3) is 11.1 Å². The van der Waals surface area contributed by atoms with E-state index in [-0.39, 0.29) is 11.6 Å². The van der Waals surface area contributed by atoms with Crippen LogP contribution in [0.5, 0.6) is 0 Å². The molecule has 0 N–H and O–H groups in total. The van der Waals surface area contributed by atoms with E-state index in [1.807, 2.05) is 24.3 Å². The van der Waals surface area contributed by atoms with Crippen LogP contribution in [-0.2, 0) is 17.6 Å². The van der Waals surface area contributed by atoms with Crippen molar-refractivity contribution in [1.29, 1.82) is 0 Å². The normalized spacial score (nSPS) is 13.8. The smallest absolute Gasteiger partial charge is 0.141 e. The molecule has 0 saturated carbocycles. The summed E-state index contributed by atoms with van der Waals surface area (Å²) in [6, 6.07) is 12.4. The molecule has 0 amide bonds. The number of ketones is 1. The second-order valence-electron chi connectivity index (χ2n) is 4.39. The maximum absolute atomic E-state index is 13.1. The predicted molar refractivity (Wildman–Crippen MR) is 64.3 cm³/mol. The Morgan fingerprint density at radius 3 is 2.47 bits per heavy atom. The third kappa shape index (κ3) is 1.86. The summed E-state index contributed by atoms with van der Waals surface area (Å²) in [4.78, 5) is 11.3. The van der Waals surface area contributed by atoms with Crippen molar-refractivity contribution in [3.05, 3.63) is 59.4 Å². The van der Waals surface area contributed by atoms with Gasteiger partial charge in [0.1, 0.15) is 11.6 Å². The first kappa shape index (κ1) is 10.2. The zero-order valence-corrected chi connectivity index (χ0v) is 9.24. The Kier molecular flexibility index (Phi) is 2.29. The fraction of sp³-hybridized carbons (Fsp3) is 0.133. The molecule has 0 aliphatic heterocycles. The maximum atomic E-state index is 13.1. The third-order valence-corrected chi connectivity index (χ3v) is 3.14. The Bertz CT molecular complexity index is 602. The van der Waals surface area contributed by atoms with Crippen LogP contribution in [-0.4, -0.2) is 5.78 Å². The molecule has 0 aromatic heterocycles. The number of carbonyl (C=O) groups is 1. The summed E-state index contributed by atoms with van der Waals surface area (Å²) in [6.07, 6.45) is 1.05. The highest BCUT2D eigenvalue weighted by molar-refractivity contribution is 5.88. The highest BCUT2D eigenvalue weighted by Crippen LogP contribution is 2.27. The Labute approximate surface area is 98.9 Å². The highest BCUT2D eigenvalue weighted by atomic mass is 19.1. The molecular weight excluding hydrogens is 215 g/mol. The molecule has 0 fully saturated rings. The van der Waals surface area contributed by atoms with Crippen molar-refractivity contribution < 1.29 is 9.18 Å². The Morgan fingerprint density at radius 2 is 1.65 bits per heavy atom. The summed E-state index contributed by atoms with van der Waals surface area (Å²) < 4.78 is 13.1. The van der Waals surface area contributed by atoms with Gasteiger partial charge in [0.15, 0.2) is 0 Å². The highest BCUT2D eigenvalue weighted by Gasteiger charge is 2.18. The minimum Gasteiger partial charge on any atom is -0.299 e. The molecule has 1 aliphatic rings. The second kappa shape index (κ2) is 3.81. The lowest BCUT2D eigenvalue weighted by molar-refractivity contribution is -0.117. The van der Waals surface area contributed by atoms with Crippen molar-refractivity contribution in [3.63, 3.8) is 0 Å². The van der Waals surface area contributed by atoms with E-state index in [9.17, 15) is 9.18 Å². The molecule has 0 spiro atoms. The fourth-order valence-corrected chi connectivity index (χ4v) is 2.30. The van der Waals surface area contributed by atoms with Crippen LogP contribution in [0.3, 0.4) is 0 Å². The van der Waals surface area contributed by atoms with Crippen LogP contribution >= 0.6 is 0 Å². The van der Waals surface area contributed by atoms with Crippen molar-refractivity contribution in [1.82, 2.24) is 0 Å². The molecule has 0 saturated heterocycles. The molecule has 0 heterocycles. The molecule has 84 valence electrons. The van der Waals surface area contributed by atoms with Gasteiger partial charge in [-0.05, 0) is 34.4 Å². The standard InChI is InChI=1S/C15H11FO/c16-14-3-1-2-10(7-14)11-4-5-12-8-15(17)9-13(12)6-11/h1-7H,8-9H2. The topological polar surface area (TPSA) is 17.1 Å². The van der Waals surface area contributed by atoms with E-state index in [1.165, 1.54) is 12.1 Å². The Hall–Kier alpha value is -1.96. The zero-order chi connectivity index (χ0) is 11.8. The summed E-state index contributed by atoms with van der Waals surface area (Å²) in [5.74, 6) is 0.0236. The van der Waals surface area contributed by atoms with Crippen LogP contribution in [0, 0.1) is 5.82 Å². The van der Waals surface area contributed by atoms with Crippen LogP contribution in [0.4, 0.5) is 4.39 Å². The number of hydrogen-bond acceptors (Lipinski definition) is 1. The number of halogens is 1. The fourth-order valence-electron chi connectivity index (χ4n) is 2.30. The van der Waals surface area contributed by atoms with E-state index in [4.69, 9.17) is 0 Å². The molecule has 0 radical (unpaired) electrons. The van der Waals surface area contributed by atoms with Gasteiger partial charge in [-0.1, -0.05) is 30.3 Å². The molecule has 1 aliphatic carbocycles. The third-order valence-electron chi connectivity index (χ3n) is 3.14. The van der Waals surface area contributed by atoms with E-state index < -0.39 is 0 Å². The molecule has 3 rings (SSSR count). The Morgan fingerprint density at radius 1 is 0.882 bits per heavy atom. The van der Waals surface area contributed by atoms with Crippen LogP contribution in [0.2, 0.25) is 0 Å². The quantitative estimate of drug-likeness (QED) is 0.730. The first-order valence-corrected chi connectivity index (χ1v) is 5.62. The van der Waals surface area contributed by atoms with Crippen LogP contribution in [0.1, 0.15) is 11.1 Å². The number of carbonyl (C=O) groups excluding carboxylic acids is 1. The number of fused-ring (bicyclic) bond motifs is 1. The molecule has 0 unspecified atom stereocenters. The van der Waals surface area contributed by atoms with Gasteiger partial charge < -0.3 is 0 Å². The van der Waals surface area contributed by atoms with Crippen molar-refractivity contribution in [2.75, 3.05) is 0 Å². The second-order valence-corrected chi connectivity index (χ2v) is 4.39. The predicted octanol–water partition coefficient (Wildman–Crippen LogP) is 3.16. The number of hydrogen-bond donors (Lipinski definition) is 0. The average Bonchev–Trinajstić information content (AvgIpc) is 2.68. The minimum absolute atomic E-state index is 0.237. The van der Waals surface area contributed by atoms with Crippen molar-refractivity contribution in [2.45, 2.75) is 12.8 Å². The average molecular weight is 226 g/mol. The summed E-state index contributed by atoms with van der Waals surface area (Å²) in [7, 11) is 0. The van der Waals surface area contributed by atoms with Gasteiger partial charge in [0.2, 0.25) is 0 Å². The Balaban J connectivity index is 2.06. The van der Waals surface area contributed by atoms with Gasteiger partial charge in [-0.25, -0.2) is 4.39 Å². The van der Waals surface area contributed by atoms with Gasteiger partial charge in [-0.3, -0.25) is 4.79 Å². The molecule has 2 heteroatoms. The molecule has 0 bridgehead atoms. The first-order valence-electron chi connectivity index (χ1n) is 5.62. The van der Waals surface area contributed by atoms with Crippen LogP contribution in [0.15, 0.2) is 42.5 Å². The lowest BCUT2D eigenvalue weighted by Gasteiger charge is -2.04. The van der Waals surface area contributed by atoms with Gasteiger partial charge in [-0.2, -0.15) is 0 Å². The molecule has 2 aromatic carbocycles. The minimum atomic E-state index is -0.237. The zero-order valence-electron chi connectivity index (χ0n) is 9.24. The van der Waals surface area contributed by atoms with Gasteiger partial charge >= 0.3 is 0 Å². The molecule has 17 heavy (non-hydrogen) atoms. The van der Waals surface area contributed by atoms with Crippen LogP contribution < -0.4 is 0 Å². The summed E-state index contributed by atoms with van der Waals surface area (Å²) in [5.41, 5.74) is 4.01. The number of benzene rings is 2. The van der Waals surface area contributed by atoms with E-state index in [0.717, 1.165) is 22.3 Å².